The van der Waals surface area contributed by atoms with Crippen molar-refractivity contribution in [2.45, 2.75) is 37.8 Å². The topological polar surface area (TPSA) is 69.7 Å². The van der Waals surface area contributed by atoms with E-state index in [0.29, 0.717) is 49.1 Å². The van der Waals surface area contributed by atoms with E-state index in [1.165, 1.54) is 4.31 Å². The lowest BCUT2D eigenvalue weighted by molar-refractivity contribution is -0.126. The van der Waals surface area contributed by atoms with Crippen molar-refractivity contribution in [2.24, 2.45) is 0 Å². The first-order chi connectivity index (χ1) is 14.3. The first-order valence-electron chi connectivity index (χ1n) is 10.1. The molecule has 8 heteroatoms. The highest BCUT2D eigenvalue weighted by Crippen LogP contribution is 2.19. The molecule has 3 rings (SSSR count). The number of hydrogen-bond acceptors (Lipinski definition) is 4. The zero-order valence-electron chi connectivity index (χ0n) is 17.3. The van der Waals surface area contributed by atoms with Crippen LogP contribution in [0, 0.1) is 6.92 Å². The molecule has 0 aliphatic carbocycles. The molecular formula is C22H28ClN3O3S. The Hall–Kier alpha value is -1.93. The van der Waals surface area contributed by atoms with Gasteiger partial charge in [0.1, 0.15) is 0 Å². The van der Waals surface area contributed by atoms with Gasteiger partial charge in [-0.05, 0) is 44.0 Å². The molecule has 30 heavy (non-hydrogen) atoms. The number of carbonyl (C=O) groups excluding carboxylic acids is 1. The first-order valence-corrected chi connectivity index (χ1v) is 11.9. The van der Waals surface area contributed by atoms with Gasteiger partial charge in [-0.2, -0.15) is 4.31 Å². The fourth-order valence-corrected chi connectivity index (χ4v) is 5.21. The Labute approximate surface area is 183 Å². The van der Waals surface area contributed by atoms with Crippen molar-refractivity contribution in [3.63, 3.8) is 0 Å². The molecule has 1 N–H and O–H groups in total. The van der Waals surface area contributed by atoms with E-state index in [9.17, 15) is 13.2 Å². The fourth-order valence-electron chi connectivity index (χ4n) is 3.54. The molecule has 2 aromatic rings. The van der Waals surface area contributed by atoms with Crippen LogP contribution in [0.15, 0.2) is 53.4 Å². The van der Waals surface area contributed by atoms with Crippen molar-refractivity contribution in [1.29, 1.82) is 0 Å². The van der Waals surface area contributed by atoms with E-state index in [1.54, 1.807) is 18.2 Å². The SMILES string of the molecule is Cc1ccc(S(=O)(=O)N2CCCN([C@H](C)C(=O)NCc3ccccc3Cl)CC2)cc1. The van der Waals surface area contributed by atoms with Crippen LogP contribution in [0.2, 0.25) is 5.02 Å². The van der Waals surface area contributed by atoms with Crippen LogP contribution in [0.3, 0.4) is 0 Å². The summed E-state index contributed by atoms with van der Waals surface area (Å²) in [6.07, 6.45) is 0.674. The molecule has 1 saturated heterocycles. The molecule has 1 amide bonds. The van der Waals surface area contributed by atoms with E-state index in [1.807, 2.05) is 49.1 Å². The lowest BCUT2D eigenvalue weighted by atomic mass is 10.2. The average Bonchev–Trinajstić information content (AvgIpc) is 2.99. The van der Waals surface area contributed by atoms with Gasteiger partial charge in [0.05, 0.1) is 10.9 Å². The van der Waals surface area contributed by atoms with Gasteiger partial charge in [-0.25, -0.2) is 8.42 Å². The van der Waals surface area contributed by atoms with E-state index in [2.05, 4.69) is 5.32 Å². The second-order valence-corrected chi connectivity index (χ2v) is 9.94. The predicted molar refractivity (Wildman–Crippen MR) is 119 cm³/mol. The summed E-state index contributed by atoms with van der Waals surface area (Å²) in [6.45, 7) is 6.13. The molecule has 1 aliphatic rings. The number of halogens is 1. The van der Waals surface area contributed by atoms with E-state index in [0.717, 1.165) is 11.1 Å². The smallest absolute Gasteiger partial charge is 0.243 e. The van der Waals surface area contributed by atoms with Crippen LogP contribution < -0.4 is 5.32 Å². The summed E-state index contributed by atoms with van der Waals surface area (Å²) in [5.74, 6) is -0.0928. The molecule has 162 valence electrons. The molecule has 1 heterocycles. The van der Waals surface area contributed by atoms with E-state index in [-0.39, 0.29) is 11.9 Å². The maximum Gasteiger partial charge on any atom is 0.243 e. The maximum atomic E-state index is 13.0. The lowest BCUT2D eigenvalue weighted by Crippen LogP contribution is -2.46. The second kappa shape index (κ2) is 9.92. The van der Waals surface area contributed by atoms with Crippen LogP contribution in [0.5, 0.6) is 0 Å². The normalized spacial score (nSPS) is 17.3. The van der Waals surface area contributed by atoms with Crippen LogP contribution in [0.4, 0.5) is 0 Å². The van der Waals surface area contributed by atoms with Gasteiger partial charge in [-0.15, -0.1) is 0 Å². The molecule has 2 aromatic carbocycles. The van der Waals surface area contributed by atoms with E-state index >= 15 is 0 Å². The van der Waals surface area contributed by atoms with Crippen LogP contribution >= 0.6 is 11.6 Å². The first kappa shape index (κ1) is 22.7. The molecule has 1 aliphatic heterocycles. The number of nitrogens with one attached hydrogen (secondary N) is 1. The molecule has 6 nitrogen and oxygen atoms in total. The van der Waals surface area contributed by atoms with Crippen LogP contribution in [-0.2, 0) is 21.4 Å². The van der Waals surface area contributed by atoms with E-state index < -0.39 is 10.0 Å². The Morgan fingerprint density at radius 3 is 2.47 bits per heavy atom. The molecule has 0 unspecified atom stereocenters. The molecule has 0 saturated carbocycles. The molecule has 0 spiro atoms. The summed E-state index contributed by atoms with van der Waals surface area (Å²) in [6, 6.07) is 14.0. The summed E-state index contributed by atoms with van der Waals surface area (Å²) in [5, 5.41) is 3.56. The summed E-state index contributed by atoms with van der Waals surface area (Å²) in [4.78, 5) is 15.0. The van der Waals surface area contributed by atoms with Crippen molar-refractivity contribution in [3.05, 3.63) is 64.7 Å². The summed E-state index contributed by atoms with van der Waals surface area (Å²) < 4.78 is 27.5. The standard InChI is InChI=1S/C22H28ClN3O3S/c1-17-8-10-20(11-9-17)30(28,29)26-13-5-12-25(14-15-26)18(2)22(27)24-16-19-6-3-4-7-21(19)23/h3-4,6-11,18H,5,12-16H2,1-2H3,(H,24,27)/t18-/m1/s1. The second-order valence-electron chi connectivity index (χ2n) is 7.59. The summed E-state index contributed by atoms with van der Waals surface area (Å²) in [7, 11) is -3.53. The quantitative estimate of drug-likeness (QED) is 0.735. The summed E-state index contributed by atoms with van der Waals surface area (Å²) in [5.41, 5.74) is 1.89. The third-order valence-corrected chi connectivity index (χ3v) is 7.77. The van der Waals surface area contributed by atoms with Crippen molar-refractivity contribution in [3.8, 4) is 0 Å². The molecule has 0 radical (unpaired) electrons. The van der Waals surface area contributed by atoms with Crippen LogP contribution in [-0.4, -0.2) is 55.8 Å². The average molecular weight is 450 g/mol. The Bertz CT molecular complexity index is 979. The van der Waals surface area contributed by atoms with E-state index in [4.69, 9.17) is 11.6 Å². The van der Waals surface area contributed by atoms with Gasteiger partial charge in [0.15, 0.2) is 0 Å². The highest BCUT2D eigenvalue weighted by atomic mass is 35.5. The lowest BCUT2D eigenvalue weighted by Gasteiger charge is -2.27. The number of benzene rings is 2. The Balaban J connectivity index is 1.59. The number of rotatable bonds is 6. The third-order valence-electron chi connectivity index (χ3n) is 5.49. The molecule has 1 fully saturated rings. The third kappa shape index (κ3) is 5.40. The highest BCUT2D eigenvalue weighted by Gasteiger charge is 2.29. The van der Waals surface area contributed by atoms with Crippen molar-refractivity contribution < 1.29 is 13.2 Å². The molecule has 0 aromatic heterocycles. The number of aryl methyl sites for hydroxylation is 1. The number of sulfonamides is 1. The minimum atomic E-state index is -3.53. The van der Waals surface area contributed by atoms with Gasteiger partial charge < -0.3 is 5.32 Å². The number of amides is 1. The van der Waals surface area contributed by atoms with Crippen LogP contribution in [0.25, 0.3) is 0 Å². The minimum absolute atomic E-state index is 0.0928. The zero-order valence-corrected chi connectivity index (χ0v) is 18.9. The maximum absolute atomic E-state index is 13.0. The number of hydrogen-bond donors (Lipinski definition) is 1. The Morgan fingerprint density at radius 1 is 1.07 bits per heavy atom. The monoisotopic (exact) mass is 449 g/mol. The number of nitrogens with zero attached hydrogens (tertiary/aromatic N) is 2. The fraction of sp³-hybridized carbons (Fsp3) is 0.409. The van der Waals surface area contributed by atoms with Crippen LogP contribution in [0.1, 0.15) is 24.5 Å². The van der Waals surface area contributed by atoms with Crippen molar-refractivity contribution >= 4 is 27.5 Å². The van der Waals surface area contributed by atoms with Crippen molar-refractivity contribution in [1.82, 2.24) is 14.5 Å². The van der Waals surface area contributed by atoms with Gasteiger partial charge in [-0.1, -0.05) is 47.5 Å². The van der Waals surface area contributed by atoms with Gasteiger partial charge in [0.2, 0.25) is 15.9 Å². The Morgan fingerprint density at radius 2 is 1.77 bits per heavy atom. The van der Waals surface area contributed by atoms with Gasteiger partial charge in [-0.3, -0.25) is 9.69 Å². The van der Waals surface area contributed by atoms with Gasteiger partial charge in [0.25, 0.3) is 0 Å². The summed E-state index contributed by atoms with van der Waals surface area (Å²) >= 11 is 6.15. The Kier molecular flexibility index (Phi) is 7.52. The predicted octanol–water partition coefficient (Wildman–Crippen LogP) is 3.05. The zero-order chi connectivity index (χ0) is 21.7. The molecule has 1 atom stereocenters. The molecule has 0 bridgehead atoms. The van der Waals surface area contributed by atoms with Gasteiger partial charge in [0, 0.05) is 37.7 Å². The highest BCUT2D eigenvalue weighted by molar-refractivity contribution is 7.89. The minimum Gasteiger partial charge on any atom is -0.351 e. The number of carbonyl (C=O) groups is 1. The van der Waals surface area contributed by atoms with Crippen molar-refractivity contribution in [2.75, 3.05) is 26.2 Å². The largest absolute Gasteiger partial charge is 0.351 e. The van der Waals surface area contributed by atoms with Gasteiger partial charge >= 0.3 is 0 Å². The molecular weight excluding hydrogens is 422 g/mol.